The van der Waals surface area contributed by atoms with Crippen molar-refractivity contribution in [3.63, 3.8) is 0 Å². The molecule has 0 radical (unpaired) electrons. The lowest BCUT2D eigenvalue weighted by Crippen LogP contribution is -2.55. The molecule has 0 aliphatic carbocycles. The molecule has 0 bridgehead atoms. The summed E-state index contributed by atoms with van der Waals surface area (Å²) < 4.78 is 27.6. The molecule has 1 aliphatic rings. The number of rotatable bonds is 16. The number of nitrogens with zero attached hydrogens (tertiary/aromatic N) is 10. The zero-order valence-corrected chi connectivity index (χ0v) is 52.7. The Kier molecular flexibility index (Phi) is 24.3. The van der Waals surface area contributed by atoms with Gasteiger partial charge in [-0.3, -0.25) is 28.5 Å². The molecule has 22 nitrogen and oxygen atoms in total. The number of ether oxygens (including phenoxy) is 4. The van der Waals surface area contributed by atoms with Crippen molar-refractivity contribution in [1.82, 2.24) is 39.2 Å². The second-order valence-electron chi connectivity index (χ2n) is 24.3. The third-order valence-electron chi connectivity index (χ3n) is 15.2. The van der Waals surface area contributed by atoms with Gasteiger partial charge in [0.1, 0.15) is 36.3 Å². The Balaban J connectivity index is 1.59. The SMILES string of the molecule is Cc1cc(C#N)nn1Cc1ccc(C[C@H]2OC(=O)[C@H](CC(C)C)N(C)C(=O)[C@@H](C)OC(=O)[C@H](CC(C)C)N(C)C(=O)[C@@H](Cc3ccc(Cn4nc(C#N)cc4C)cc3)OC(=O)[C@H](CC(C)C)N(C)C(=O)[C@@H](C)OC(=O)[C@H](CC(C)C)N(C)C2=O)cc1. The zero-order valence-electron chi connectivity index (χ0n) is 52.7. The van der Waals surface area contributed by atoms with Gasteiger partial charge in [0.2, 0.25) is 0 Å². The van der Waals surface area contributed by atoms with Crippen LogP contribution in [0.2, 0.25) is 0 Å². The summed E-state index contributed by atoms with van der Waals surface area (Å²) in [4.78, 5) is 122. The monoisotopic (exact) mass is 1190 g/mol. The number of cyclic esters (lactones) is 4. The number of likely N-dealkylation sites (N-methyl/N-ethyl adjacent to an activating group) is 4. The summed E-state index contributed by atoms with van der Waals surface area (Å²) in [5.41, 5.74) is 4.86. The number of nitriles is 2. The van der Waals surface area contributed by atoms with E-state index in [1.165, 1.54) is 42.0 Å². The lowest BCUT2D eigenvalue weighted by atomic mass is 9.99. The van der Waals surface area contributed by atoms with Crippen LogP contribution in [0, 0.1) is 60.2 Å². The summed E-state index contributed by atoms with van der Waals surface area (Å²) >= 11 is 0. The second-order valence-corrected chi connectivity index (χ2v) is 24.3. The van der Waals surface area contributed by atoms with E-state index in [-0.39, 0.29) is 73.6 Å². The summed E-state index contributed by atoms with van der Waals surface area (Å²) in [5, 5.41) is 27.4. The fourth-order valence-electron chi connectivity index (χ4n) is 10.3. The van der Waals surface area contributed by atoms with Crippen molar-refractivity contribution in [1.29, 1.82) is 10.5 Å². The summed E-state index contributed by atoms with van der Waals surface area (Å²) in [7, 11) is 5.48. The van der Waals surface area contributed by atoms with Gasteiger partial charge in [-0.25, -0.2) is 19.2 Å². The van der Waals surface area contributed by atoms with Crippen LogP contribution >= 0.6 is 0 Å². The van der Waals surface area contributed by atoms with Crippen LogP contribution in [0.5, 0.6) is 0 Å². The van der Waals surface area contributed by atoms with Gasteiger partial charge >= 0.3 is 23.9 Å². The van der Waals surface area contributed by atoms with Gasteiger partial charge in [-0.1, -0.05) is 104 Å². The first-order chi connectivity index (χ1) is 40.4. The standard InChI is InChI=1S/C64H86N10O12/c1-37(2)25-51-61(79)83-43(11)57(75)69(13)54(28-40(7)8)64(82)86-56(32-46-19-23-48(24-20-46)36-74-42(10)30-50(34-66)68-74)60(78)72(16)52(26-38(3)4)62(80)84-44(12)58(76)70(14)53(27-39(5)6)63(81)85-55(59(77)71(51)15)31-45-17-21-47(22-18-45)35-73-41(9)29-49(33-65)67-73/h17-24,29-30,37-40,43-44,51-56H,25-28,31-32,35-36H2,1-16H3/t43-,44-,51+,52+,53+,54+,55-,56-/m1/s1. The second kappa shape index (κ2) is 30.6. The first-order valence-corrected chi connectivity index (χ1v) is 29.4. The van der Waals surface area contributed by atoms with Gasteiger partial charge in [-0.2, -0.15) is 20.7 Å². The molecule has 22 heteroatoms. The van der Waals surface area contributed by atoms with Gasteiger partial charge in [-0.05, 0) is 111 Å². The fraction of sp³-hybridized carbons (Fsp3) is 0.562. The summed E-state index contributed by atoms with van der Waals surface area (Å²) in [5.74, 6) is -7.79. The molecule has 8 atom stereocenters. The molecule has 1 aliphatic heterocycles. The first-order valence-electron chi connectivity index (χ1n) is 29.4. The van der Waals surface area contributed by atoms with E-state index in [1.807, 2.05) is 106 Å². The van der Waals surface area contributed by atoms with Crippen LogP contribution in [0.4, 0.5) is 0 Å². The molecule has 2 aromatic heterocycles. The van der Waals surface area contributed by atoms with Crippen molar-refractivity contribution in [2.45, 2.75) is 183 Å². The molecule has 4 amide bonds. The van der Waals surface area contributed by atoms with E-state index in [0.717, 1.165) is 42.1 Å². The Bertz CT molecular complexity index is 2910. The Labute approximate surface area is 505 Å². The van der Waals surface area contributed by atoms with Gasteiger partial charge in [-0.15, -0.1) is 0 Å². The number of aromatic nitrogens is 4. The van der Waals surface area contributed by atoms with Crippen LogP contribution < -0.4 is 0 Å². The van der Waals surface area contributed by atoms with E-state index in [4.69, 9.17) is 18.9 Å². The van der Waals surface area contributed by atoms with E-state index in [1.54, 1.807) is 45.8 Å². The number of esters is 4. The van der Waals surface area contributed by atoms with Crippen LogP contribution in [0.3, 0.4) is 0 Å². The fourth-order valence-corrected chi connectivity index (χ4v) is 10.3. The molecule has 4 aromatic rings. The number of aryl methyl sites for hydroxylation is 2. The molecule has 0 saturated carbocycles. The summed E-state index contributed by atoms with van der Waals surface area (Å²) in [6.07, 6.45) is -6.34. The van der Waals surface area contributed by atoms with E-state index in [2.05, 4.69) is 10.2 Å². The molecule has 2 aromatic carbocycles. The predicted molar refractivity (Wildman–Crippen MR) is 317 cm³/mol. The van der Waals surface area contributed by atoms with Gasteiger partial charge in [0, 0.05) is 52.4 Å². The van der Waals surface area contributed by atoms with Crippen molar-refractivity contribution >= 4 is 47.5 Å². The molecule has 0 unspecified atom stereocenters. The normalized spacial score (nSPS) is 22.3. The molecule has 1 saturated heterocycles. The molecule has 1 fully saturated rings. The smallest absolute Gasteiger partial charge is 0.329 e. The minimum atomic E-state index is -1.58. The molecular weight excluding hydrogens is 1100 g/mol. The van der Waals surface area contributed by atoms with Gasteiger partial charge in [0.05, 0.1) is 13.1 Å². The number of benzene rings is 2. The number of carbonyl (C=O) groups is 8. The topological polar surface area (TPSA) is 270 Å². The van der Waals surface area contributed by atoms with Crippen molar-refractivity contribution in [2.75, 3.05) is 28.2 Å². The Morgan fingerprint density at radius 1 is 0.430 bits per heavy atom. The van der Waals surface area contributed by atoms with Crippen molar-refractivity contribution in [3.8, 4) is 12.1 Å². The van der Waals surface area contributed by atoms with Crippen LogP contribution in [0.15, 0.2) is 60.7 Å². The molecule has 5 rings (SSSR count). The third-order valence-corrected chi connectivity index (χ3v) is 15.2. The quantitative estimate of drug-likeness (QED) is 0.0854. The number of carbonyl (C=O) groups excluding carboxylic acids is 8. The Morgan fingerprint density at radius 3 is 0.942 bits per heavy atom. The van der Waals surface area contributed by atoms with Crippen molar-refractivity contribution in [2.24, 2.45) is 23.7 Å². The molecule has 86 heavy (non-hydrogen) atoms. The summed E-state index contributed by atoms with van der Waals surface area (Å²) in [6.45, 7) is 21.7. The molecular formula is C64H86N10O12. The molecule has 0 spiro atoms. The molecule has 3 heterocycles. The van der Waals surface area contributed by atoms with Crippen molar-refractivity contribution < 1.29 is 57.3 Å². The van der Waals surface area contributed by atoms with Crippen LogP contribution in [-0.4, -0.2) is 163 Å². The minimum Gasteiger partial charge on any atom is -0.451 e. The number of amides is 4. The highest BCUT2D eigenvalue weighted by molar-refractivity contribution is 5.94. The maximum Gasteiger partial charge on any atom is 0.329 e. The average Bonchev–Trinajstić information content (AvgIpc) is 2.85. The maximum absolute atomic E-state index is 15.1. The van der Waals surface area contributed by atoms with E-state index in [0.29, 0.717) is 24.2 Å². The Hall–Kier alpha value is -8.40. The van der Waals surface area contributed by atoms with Crippen LogP contribution in [0.25, 0.3) is 0 Å². The minimum absolute atomic E-state index is 0.0531. The van der Waals surface area contributed by atoms with Crippen LogP contribution in [0.1, 0.15) is 140 Å². The maximum atomic E-state index is 15.1. The highest BCUT2D eigenvalue weighted by Gasteiger charge is 2.43. The highest BCUT2D eigenvalue weighted by Crippen LogP contribution is 2.25. The van der Waals surface area contributed by atoms with Gasteiger partial charge < -0.3 is 38.5 Å². The van der Waals surface area contributed by atoms with E-state index >= 15 is 9.59 Å². The van der Waals surface area contributed by atoms with Crippen molar-refractivity contribution in [3.05, 3.63) is 106 Å². The number of hydrogen-bond acceptors (Lipinski definition) is 16. The summed E-state index contributed by atoms with van der Waals surface area (Å²) in [6, 6.07) is 16.4. The first kappa shape index (κ1) is 68.4. The lowest BCUT2D eigenvalue weighted by Gasteiger charge is -2.35. The molecule has 0 N–H and O–H groups in total. The largest absolute Gasteiger partial charge is 0.451 e. The van der Waals surface area contributed by atoms with Crippen LogP contribution in [-0.2, 0) is 83.2 Å². The lowest BCUT2D eigenvalue weighted by molar-refractivity contribution is -0.176. The zero-order chi connectivity index (χ0) is 64.0. The average molecular weight is 1190 g/mol. The van der Waals surface area contributed by atoms with Gasteiger partial charge in [0.15, 0.2) is 35.8 Å². The van der Waals surface area contributed by atoms with Gasteiger partial charge in [0.25, 0.3) is 23.6 Å². The number of hydrogen-bond donors (Lipinski definition) is 0. The highest BCUT2D eigenvalue weighted by atomic mass is 16.6. The third kappa shape index (κ3) is 18.3. The predicted octanol–water partition coefficient (Wildman–Crippen LogP) is 6.51. The Morgan fingerprint density at radius 2 is 0.686 bits per heavy atom. The van der Waals surface area contributed by atoms with E-state index in [9.17, 15) is 39.3 Å². The molecule has 464 valence electrons. The van der Waals surface area contributed by atoms with E-state index < -0.39 is 96.1 Å².